The maximum absolute atomic E-state index is 14.1. The molecule has 14 nitrogen and oxygen atoms in total. The first-order valence-corrected chi connectivity index (χ1v) is 25.1. The molecule has 0 bridgehead atoms. The van der Waals surface area contributed by atoms with E-state index in [1.807, 2.05) is 27.7 Å². The molecule has 6 amide bonds. The number of nitrogens with one attached hydrogen (secondary N) is 6. The van der Waals surface area contributed by atoms with Crippen LogP contribution in [0.4, 0.5) is 0 Å². The van der Waals surface area contributed by atoms with Gasteiger partial charge in [0.25, 0.3) is 0 Å². The SMILES string of the molecule is CN[C@@H](C)C(=O)N[C@H](C(=O)N1CCC[C@H]1C(=O)N[C@@H]1CCCc2c(-c3cccc(-c4cccc5c4CCC[C@H]5NC(=O)[C@@H]4CCCN4C(=O)[C@@H](NC(=O)[C@H](C)NC)C(C)C)c3)cccc21)C(C)C. The molecule has 2 heterocycles. The van der Waals surface area contributed by atoms with Crippen molar-refractivity contribution in [3.8, 4) is 22.3 Å². The Labute approximate surface area is 402 Å². The number of hydrogen-bond donors (Lipinski definition) is 6. The summed E-state index contributed by atoms with van der Waals surface area (Å²) >= 11 is 0. The molecule has 8 atom stereocenters. The summed E-state index contributed by atoms with van der Waals surface area (Å²) in [4.78, 5) is 85.1. The second-order valence-electron chi connectivity index (χ2n) is 20.1. The molecule has 366 valence electrons. The Bertz CT molecular complexity index is 2190. The number of nitrogens with zero attached hydrogens (tertiary/aromatic N) is 2. The lowest BCUT2D eigenvalue weighted by Crippen LogP contribution is -2.57. The van der Waals surface area contributed by atoms with Crippen molar-refractivity contribution in [1.82, 2.24) is 41.7 Å². The number of likely N-dealkylation sites (tertiary alicyclic amines) is 2. The molecule has 0 aromatic heterocycles. The molecule has 6 N–H and O–H groups in total. The van der Waals surface area contributed by atoms with E-state index in [-0.39, 0.29) is 59.4 Å². The molecule has 0 saturated carbocycles. The number of benzene rings is 3. The molecule has 2 aliphatic heterocycles. The van der Waals surface area contributed by atoms with Crippen LogP contribution in [0.5, 0.6) is 0 Å². The Morgan fingerprint density at radius 3 is 1.31 bits per heavy atom. The third kappa shape index (κ3) is 10.8. The molecule has 14 heteroatoms. The molecule has 68 heavy (non-hydrogen) atoms. The smallest absolute Gasteiger partial charge is 0.246 e. The summed E-state index contributed by atoms with van der Waals surface area (Å²) in [5.74, 6) is -1.54. The highest BCUT2D eigenvalue weighted by atomic mass is 16.2. The van der Waals surface area contributed by atoms with Gasteiger partial charge < -0.3 is 41.7 Å². The van der Waals surface area contributed by atoms with Gasteiger partial charge in [0.05, 0.1) is 24.2 Å². The van der Waals surface area contributed by atoms with Gasteiger partial charge in [-0.3, -0.25) is 28.8 Å². The maximum atomic E-state index is 14.1. The van der Waals surface area contributed by atoms with Crippen molar-refractivity contribution in [1.29, 1.82) is 0 Å². The fourth-order valence-corrected chi connectivity index (χ4v) is 10.7. The van der Waals surface area contributed by atoms with Gasteiger partial charge in [0, 0.05) is 13.1 Å². The number of carbonyl (C=O) groups is 6. The van der Waals surface area contributed by atoms with Crippen LogP contribution >= 0.6 is 0 Å². The van der Waals surface area contributed by atoms with Gasteiger partial charge in [-0.05, 0) is 155 Å². The fourth-order valence-electron chi connectivity index (χ4n) is 10.7. The zero-order valence-electron chi connectivity index (χ0n) is 41.4. The summed E-state index contributed by atoms with van der Waals surface area (Å²) in [5.41, 5.74) is 9.08. The highest BCUT2D eigenvalue weighted by Gasteiger charge is 2.42. The van der Waals surface area contributed by atoms with Crippen LogP contribution in [0.1, 0.15) is 127 Å². The van der Waals surface area contributed by atoms with Crippen molar-refractivity contribution >= 4 is 35.4 Å². The number of likely N-dealkylation sites (N-methyl/N-ethyl adjacent to an activating group) is 2. The number of hydrogen-bond acceptors (Lipinski definition) is 8. The molecule has 7 rings (SSSR count). The first-order chi connectivity index (χ1) is 32.6. The van der Waals surface area contributed by atoms with Crippen LogP contribution in [0.3, 0.4) is 0 Å². The molecular formula is C54H74N8O6. The van der Waals surface area contributed by atoms with Crippen molar-refractivity contribution in [2.24, 2.45) is 11.8 Å². The monoisotopic (exact) mass is 931 g/mol. The number of amides is 6. The fraction of sp³-hybridized carbons (Fsp3) is 0.556. The van der Waals surface area contributed by atoms with E-state index in [4.69, 9.17) is 0 Å². The van der Waals surface area contributed by atoms with Crippen LogP contribution in [0.2, 0.25) is 0 Å². The normalized spacial score (nSPS) is 21.9. The molecule has 3 aromatic carbocycles. The van der Waals surface area contributed by atoms with E-state index in [9.17, 15) is 28.8 Å². The van der Waals surface area contributed by atoms with Gasteiger partial charge >= 0.3 is 0 Å². The Morgan fingerprint density at radius 2 is 0.926 bits per heavy atom. The molecular weight excluding hydrogens is 857 g/mol. The third-order valence-electron chi connectivity index (χ3n) is 14.9. The quantitative estimate of drug-likeness (QED) is 0.109. The average Bonchev–Trinajstić information content (AvgIpc) is 4.05. The zero-order valence-corrected chi connectivity index (χ0v) is 41.4. The molecule has 2 saturated heterocycles. The van der Waals surface area contributed by atoms with Crippen LogP contribution in [-0.4, -0.2) is 109 Å². The molecule has 0 spiro atoms. The van der Waals surface area contributed by atoms with Gasteiger partial charge in [-0.2, -0.15) is 0 Å². The third-order valence-corrected chi connectivity index (χ3v) is 14.9. The van der Waals surface area contributed by atoms with Crippen molar-refractivity contribution < 1.29 is 28.8 Å². The summed E-state index contributed by atoms with van der Waals surface area (Å²) in [5, 5.41) is 18.4. The van der Waals surface area contributed by atoms with E-state index in [1.165, 1.54) is 11.1 Å². The van der Waals surface area contributed by atoms with E-state index in [1.54, 1.807) is 37.7 Å². The standard InChI is InChI=1S/C54H74N8O6/c1-31(2)47(59-49(63)33(5)55-7)53(67)61-28-14-26-45(61)51(65)57-43-24-12-20-39-37(18-10-22-41(39)43)35-16-9-17-36(30-35)38-19-11-23-42-40(38)21-13-25-44(42)58-52(66)46-27-15-29-62(46)54(68)48(32(3)4)60-50(64)34(6)56-8/h9-11,16-19,22-23,30-34,43-48,55-56H,12-15,20-21,24-29H2,1-8H3,(H,57,65)(H,58,66)(H,59,63)(H,60,64)/t33-,34-,43+,44+,45-,46-,47-,48-/m0/s1. The predicted octanol–water partition coefficient (Wildman–Crippen LogP) is 5.49. The molecule has 0 radical (unpaired) electrons. The lowest BCUT2D eigenvalue weighted by atomic mass is 9.81. The second-order valence-corrected chi connectivity index (χ2v) is 20.1. The van der Waals surface area contributed by atoms with Gasteiger partial charge in [0.15, 0.2) is 0 Å². The molecule has 4 aliphatic rings. The number of fused-ring (bicyclic) bond motifs is 2. The van der Waals surface area contributed by atoms with Gasteiger partial charge in [0.2, 0.25) is 35.4 Å². The Balaban J connectivity index is 1.06. The topological polar surface area (TPSA) is 181 Å². The van der Waals surface area contributed by atoms with E-state index >= 15 is 0 Å². The first kappa shape index (κ1) is 50.3. The minimum atomic E-state index is -0.727. The Hall–Kier alpha value is -5.60. The van der Waals surface area contributed by atoms with Crippen LogP contribution in [0.15, 0.2) is 60.7 Å². The minimum Gasteiger partial charge on any atom is -0.347 e. The molecule has 2 aliphatic carbocycles. The number of carbonyl (C=O) groups excluding carboxylic acids is 6. The van der Waals surface area contributed by atoms with E-state index in [2.05, 4.69) is 92.6 Å². The summed E-state index contributed by atoms with van der Waals surface area (Å²) in [6.07, 6.45) is 7.75. The Kier molecular flexibility index (Phi) is 16.4. The summed E-state index contributed by atoms with van der Waals surface area (Å²) in [6, 6.07) is 17.4. The molecule has 2 fully saturated rings. The largest absolute Gasteiger partial charge is 0.347 e. The Morgan fingerprint density at radius 1 is 0.529 bits per heavy atom. The van der Waals surface area contributed by atoms with Gasteiger partial charge in [-0.25, -0.2) is 0 Å². The van der Waals surface area contributed by atoms with E-state index in [0.717, 1.165) is 84.7 Å². The average molecular weight is 931 g/mol. The van der Waals surface area contributed by atoms with E-state index < -0.39 is 36.3 Å². The predicted molar refractivity (Wildman–Crippen MR) is 265 cm³/mol. The highest BCUT2D eigenvalue weighted by Crippen LogP contribution is 2.41. The highest BCUT2D eigenvalue weighted by molar-refractivity contribution is 5.95. The summed E-state index contributed by atoms with van der Waals surface area (Å²) < 4.78 is 0. The summed E-state index contributed by atoms with van der Waals surface area (Å²) in [7, 11) is 3.41. The van der Waals surface area contributed by atoms with Crippen LogP contribution < -0.4 is 31.9 Å². The van der Waals surface area contributed by atoms with Crippen LogP contribution in [0, 0.1) is 11.8 Å². The first-order valence-electron chi connectivity index (χ1n) is 25.1. The minimum absolute atomic E-state index is 0.147. The summed E-state index contributed by atoms with van der Waals surface area (Å²) in [6.45, 7) is 12.1. The van der Waals surface area contributed by atoms with Crippen molar-refractivity contribution in [2.75, 3.05) is 27.2 Å². The molecule has 3 aromatic rings. The number of rotatable bonds is 16. The van der Waals surface area contributed by atoms with Crippen LogP contribution in [0.25, 0.3) is 22.3 Å². The second kappa shape index (κ2) is 22.2. The van der Waals surface area contributed by atoms with Crippen molar-refractivity contribution in [3.05, 3.63) is 82.9 Å². The van der Waals surface area contributed by atoms with E-state index in [0.29, 0.717) is 25.9 Å². The van der Waals surface area contributed by atoms with Gasteiger partial charge in [-0.1, -0.05) is 82.3 Å². The lowest BCUT2D eigenvalue weighted by Gasteiger charge is -2.33. The molecule has 0 unspecified atom stereocenters. The van der Waals surface area contributed by atoms with Crippen molar-refractivity contribution in [2.45, 2.75) is 154 Å². The van der Waals surface area contributed by atoms with Gasteiger partial charge in [-0.15, -0.1) is 0 Å². The van der Waals surface area contributed by atoms with Crippen LogP contribution in [-0.2, 0) is 41.6 Å². The van der Waals surface area contributed by atoms with Gasteiger partial charge in [0.1, 0.15) is 24.2 Å². The maximum Gasteiger partial charge on any atom is 0.246 e. The van der Waals surface area contributed by atoms with Crippen molar-refractivity contribution in [3.63, 3.8) is 0 Å². The lowest BCUT2D eigenvalue weighted by molar-refractivity contribution is -0.142. The zero-order chi connectivity index (χ0) is 48.8.